The monoisotopic (exact) mass is 313 g/mol. The Hall–Kier alpha value is -1.60. The first-order valence-corrected chi connectivity index (χ1v) is 8.30. The number of nitrogens with zero attached hydrogens (tertiary/aromatic N) is 1. The van der Waals surface area contributed by atoms with Crippen LogP contribution in [0.1, 0.15) is 37.8 Å². The maximum Gasteiger partial charge on any atom is 0.241 e. The molecule has 0 saturated heterocycles. The quantitative estimate of drug-likeness (QED) is 0.323. The fraction of sp³-hybridized carbons (Fsp3) is 0.500. The van der Waals surface area contributed by atoms with E-state index >= 15 is 0 Å². The minimum absolute atomic E-state index is 0.139. The molecule has 0 fully saturated rings. The van der Waals surface area contributed by atoms with E-state index in [9.17, 15) is 8.42 Å². The van der Waals surface area contributed by atoms with Crippen molar-refractivity contribution >= 4 is 15.9 Å². The van der Waals surface area contributed by atoms with E-state index in [-0.39, 0.29) is 10.7 Å². The second-order valence-corrected chi connectivity index (χ2v) is 6.81. The van der Waals surface area contributed by atoms with Gasteiger partial charge < -0.3 is 10.9 Å². The van der Waals surface area contributed by atoms with Crippen LogP contribution in [0.5, 0.6) is 0 Å². The van der Waals surface area contributed by atoms with Crippen molar-refractivity contribution in [3.63, 3.8) is 0 Å². The summed E-state index contributed by atoms with van der Waals surface area (Å²) in [6.07, 6.45) is 0.757. The van der Waals surface area contributed by atoms with Crippen molar-refractivity contribution in [2.45, 2.75) is 51.0 Å². The van der Waals surface area contributed by atoms with Crippen molar-refractivity contribution in [3.05, 3.63) is 29.3 Å². The molecule has 0 bridgehead atoms. The Kier molecular flexibility index (Phi) is 5.36. The van der Waals surface area contributed by atoms with Crippen molar-refractivity contribution in [2.75, 3.05) is 0 Å². The van der Waals surface area contributed by atoms with E-state index in [1.54, 1.807) is 32.0 Å². The van der Waals surface area contributed by atoms with Crippen LogP contribution in [0.4, 0.5) is 0 Å². The molecule has 0 atom stereocenters. The Bertz CT molecular complexity index is 635. The molecule has 1 rings (SSSR count). The number of nitrogens with one attached hydrogen (secondary N) is 1. The number of amidine groups is 1. The molecular weight excluding hydrogens is 290 g/mol. The minimum atomic E-state index is -3.76. The first-order chi connectivity index (χ1) is 9.72. The largest absolute Gasteiger partial charge is 0.409 e. The Morgan fingerprint density at radius 2 is 1.86 bits per heavy atom. The van der Waals surface area contributed by atoms with Gasteiger partial charge in [-0.1, -0.05) is 25.1 Å². The highest BCUT2D eigenvalue weighted by molar-refractivity contribution is 7.89. The number of aryl methyl sites for hydroxylation is 2. The zero-order chi connectivity index (χ0) is 16.3. The predicted molar refractivity (Wildman–Crippen MR) is 83.0 cm³/mol. The van der Waals surface area contributed by atoms with Gasteiger partial charge in [0.25, 0.3) is 0 Å². The number of rotatable bonds is 6. The summed E-state index contributed by atoms with van der Waals surface area (Å²) in [5, 5.41) is 11.9. The summed E-state index contributed by atoms with van der Waals surface area (Å²) in [6.45, 7) is 7.33. The molecule has 0 unspecified atom stereocenters. The molecule has 4 N–H and O–H groups in total. The average molecular weight is 313 g/mol. The Morgan fingerprint density at radius 1 is 1.29 bits per heavy atom. The second kappa shape index (κ2) is 6.44. The molecule has 0 aliphatic carbocycles. The van der Waals surface area contributed by atoms with Gasteiger partial charge in [-0.05, 0) is 49.9 Å². The average Bonchev–Trinajstić information content (AvgIpc) is 2.46. The van der Waals surface area contributed by atoms with Gasteiger partial charge in [0.15, 0.2) is 5.84 Å². The fourth-order valence-electron chi connectivity index (χ4n) is 2.10. The number of benzene rings is 1. The summed E-state index contributed by atoms with van der Waals surface area (Å²) in [6, 6.07) is 4.92. The molecule has 1 aromatic carbocycles. The van der Waals surface area contributed by atoms with E-state index in [1.807, 2.05) is 13.8 Å². The molecule has 0 aliphatic heterocycles. The zero-order valence-corrected chi connectivity index (χ0v) is 13.7. The standard InChI is InChI=1S/C14H23N3O3S/c1-5-14(6-2,13(15)16-18)17-21(19,20)12-8-7-10(3)11(4)9-12/h7-9,17-18H,5-6H2,1-4H3,(H2,15,16). The first kappa shape index (κ1) is 17.5. The van der Waals surface area contributed by atoms with E-state index in [0.717, 1.165) is 11.1 Å². The SMILES string of the molecule is CCC(CC)(NS(=O)(=O)c1ccc(C)c(C)c1)/C(N)=N/O. The molecule has 0 saturated carbocycles. The number of hydrogen-bond donors (Lipinski definition) is 3. The lowest BCUT2D eigenvalue weighted by atomic mass is 9.93. The topological polar surface area (TPSA) is 105 Å². The molecule has 0 heterocycles. The first-order valence-electron chi connectivity index (χ1n) is 6.81. The van der Waals surface area contributed by atoms with E-state index < -0.39 is 15.6 Å². The third-order valence-electron chi connectivity index (χ3n) is 3.92. The van der Waals surface area contributed by atoms with E-state index in [4.69, 9.17) is 10.9 Å². The van der Waals surface area contributed by atoms with Gasteiger partial charge >= 0.3 is 0 Å². The molecule has 6 nitrogen and oxygen atoms in total. The molecule has 21 heavy (non-hydrogen) atoms. The van der Waals surface area contributed by atoms with Gasteiger partial charge in [-0.15, -0.1) is 0 Å². The molecule has 7 heteroatoms. The van der Waals surface area contributed by atoms with Gasteiger partial charge in [-0.2, -0.15) is 4.72 Å². The Balaban J connectivity index is 3.27. The van der Waals surface area contributed by atoms with Crippen LogP contribution in [0.2, 0.25) is 0 Å². The highest BCUT2D eigenvalue weighted by Crippen LogP contribution is 2.21. The molecule has 0 spiro atoms. The summed E-state index contributed by atoms with van der Waals surface area (Å²) in [5.74, 6) is -0.139. The van der Waals surface area contributed by atoms with Crippen LogP contribution in [0, 0.1) is 13.8 Å². The van der Waals surface area contributed by atoms with Crippen LogP contribution >= 0.6 is 0 Å². The van der Waals surface area contributed by atoms with Crippen LogP contribution < -0.4 is 10.5 Å². The highest BCUT2D eigenvalue weighted by atomic mass is 32.2. The zero-order valence-electron chi connectivity index (χ0n) is 12.8. The van der Waals surface area contributed by atoms with Gasteiger partial charge in [-0.25, -0.2) is 8.42 Å². The number of hydrogen-bond acceptors (Lipinski definition) is 4. The third-order valence-corrected chi connectivity index (χ3v) is 5.46. The maximum atomic E-state index is 12.5. The fourth-order valence-corrected chi connectivity index (χ4v) is 3.71. The van der Waals surface area contributed by atoms with Crippen molar-refractivity contribution in [1.29, 1.82) is 0 Å². The van der Waals surface area contributed by atoms with E-state index in [0.29, 0.717) is 12.8 Å². The smallest absolute Gasteiger partial charge is 0.241 e. The van der Waals surface area contributed by atoms with E-state index in [2.05, 4.69) is 9.88 Å². The number of nitrogens with two attached hydrogens (primary N) is 1. The minimum Gasteiger partial charge on any atom is -0.409 e. The summed E-state index contributed by atoms with van der Waals surface area (Å²) in [4.78, 5) is 0.169. The lowest BCUT2D eigenvalue weighted by Gasteiger charge is -2.31. The van der Waals surface area contributed by atoms with E-state index in [1.165, 1.54) is 0 Å². The number of oxime groups is 1. The van der Waals surface area contributed by atoms with Crippen molar-refractivity contribution in [1.82, 2.24) is 4.72 Å². The number of sulfonamides is 1. The van der Waals surface area contributed by atoms with Crippen LogP contribution in [-0.4, -0.2) is 25.0 Å². The maximum absolute atomic E-state index is 12.5. The summed E-state index contributed by atoms with van der Waals surface area (Å²) >= 11 is 0. The molecular formula is C14H23N3O3S. The molecule has 0 aliphatic rings. The van der Waals surface area contributed by atoms with Crippen molar-refractivity contribution in [2.24, 2.45) is 10.9 Å². The molecule has 0 amide bonds. The van der Waals surface area contributed by atoms with Crippen LogP contribution in [-0.2, 0) is 10.0 Å². The molecule has 0 radical (unpaired) electrons. The lowest BCUT2D eigenvalue weighted by molar-refractivity contribution is 0.307. The van der Waals surface area contributed by atoms with Crippen molar-refractivity contribution in [3.8, 4) is 0 Å². The Labute approximate surface area is 126 Å². The second-order valence-electron chi connectivity index (χ2n) is 5.13. The van der Waals surface area contributed by atoms with Gasteiger partial charge in [0.2, 0.25) is 10.0 Å². The van der Waals surface area contributed by atoms with Gasteiger partial charge in [0.05, 0.1) is 10.4 Å². The van der Waals surface area contributed by atoms with Gasteiger partial charge in [0, 0.05) is 0 Å². The predicted octanol–water partition coefficient (Wildman–Crippen LogP) is 1.89. The van der Waals surface area contributed by atoms with Crippen LogP contribution in [0.25, 0.3) is 0 Å². The van der Waals surface area contributed by atoms with Crippen molar-refractivity contribution < 1.29 is 13.6 Å². The molecule has 0 aromatic heterocycles. The van der Waals surface area contributed by atoms with Crippen LogP contribution in [0.15, 0.2) is 28.3 Å². The van der Waals surface area contributed by atoms with Gasteiger partial charge in [-0.3, -0.25) is 0 Å². The summed E-state index contributed by atoms with van der Waals surface area (Å²) in [5.41, 5.74) is 6.50. The summed E-state index contributed by atoms with van der Waals surface area (Å²) in [7, 11) is -3.76. The third kappa shape index (κ3) is 3.54. The highest BCUT2D eigenvalue weighted by Gasteiger charge is 2.36. The molecule has 1 aromatic rings. The molecule has 118 valence electrons. The Morgan fingerprint density at radius 3 is 2.29 bits per heavy atom. The van der Waals surface area contributed by atoms with Crippen LogP contribution in [0.3, 0.4) is 0 Å². The summed E-state index contributed by atoms with van der Waals surface area (Å²) < 4.78 is 27.7. The lowest BCUT2D eigenvalue weighted by Crippen LogP contribution is -2.56. The van der Waals surface area contributed by atoms with Gasteiger partial charge in [0.1, 0.15) is 0 Å². The normalized spacial score (nSPS) is 13.4.